The molecule has 0 atom stereocenters. The molecule has 0 aliphatic heterocycles. The molecule has 0 saturated heterocycles. The Morgan fingerprint density at radius 3 is 2.25 bits per heavy atom. The summed E-state index contributed by atoms with van der Waals surface area (Å²) in [7, 11) is 0. The molecule has 0 amide bonds. The number of hydrogen-bond acceptors (Lipinski definition) is 3. The molecule has 0 bridgehead atoms. The van der Waals surface area contributed by atoms with Crippen LogP contribution in [0.2, 0.25) is 0 Å². The quantitative estimate of drug-likeness (QED) is 0.580. The van der Waals surface area contributed by atoms with Gasteiger partial charge in [-0.2, -0.15) is 0 Å². The van der Waals surface area contributed by atoms with Crippen molar-refractivity contribution in [2.24, 2.45) is 0 Å². The van der Waals surface area contributed by atoms with Gasteiger partial charge in [-0.05, 0) is 12.5 Å². The molecule has 0 radical (unpaired) electrons. The monoisotopic (exact) mass is 222 g/mol. The van der Waals surface area contributed by atoms with E-state index in [0.717, 1.165) is 11.8 Å². The number of ether oxygens (including phenoxy) is 1. The highest BCUT2D eigenvalue weighted by Gasteiger charge is 1.91. The molecule has 16 heavy (non-hydrogen) atoms. The zero-order valence-electron chi connectivity index (χ0n) is 9.81. The maximum atomic E-state index is 10.2. The summed E-state index contributed by atoms with van der Waals surface area (Å²) in [5.41, 5.74) is 1.08. The van der Waals surface area contributed by atoms with Crippen molar-refractivity contribution >= 4 is 12.3 Å². The number of aldehydes is 1. The minimum absolute atomic E-state index is 0.123. The highest BCUT2D eigenvalue weighted by molar-refractivity contribution is 5.68. The molecule has 0 spiro atoms. The van der Waals surface area contributed by atoms with Crippen LogP contribution in [0.5, 0.6) is 0 Å². The van der Waals surface area contributed by atoms with Crippen LogP contribution >= 0.6 is 0 Å². The predicted molar refractivity (Wildman–Crippen MR) is 63.1 cm³/mol. The number of carbonyl (C=O) groups is 2. The van der Waals surface area contributed by atoms with Crippen LogP contribution in [0.15, 0.2) is 30.3 Å². The molecule has 0 aliphatic carbocycles. The van der Waals surface area contributed by atoms with E-state index in [1.54, 1.807) is 13.8 Å². The Hall–Kier alpha value is -1.64. The molecule has 0 fully saturated rings. The van der Waals surface area contributed by atoms with Crippen LogP contribution in [-0.2, 0) is 20.7 Å². The SMILES string of the molecule is CCOC(=O)CC.O=CCc1ccccc1. The van der Waals surface area contributed by atoms with Gasteiger partial charge in [0.2, 0.25) is 0 Å². The van der Waals surface area contributed by atoms with Crippen molar-refractivity contribution in [3.63, 3.8) is 0 Å². The zero-order valence-corrected chi connectivity index (χ0v) is 9.81. The Kier molecular flexibility index (Phi) is 8.88. The molecular weight excluding hydrogens is 204 g/mol. The molecule has 1 aromatic carbocycles. The van der Waals surface area contributed by atoms with Crippen LogP contribution in [0.25, 0.3) is 0 Å². The van der Waals surface area contributed by atoms with E-state index in [1.807, 2.05) is 30.3 Å². The average Bonchev–Trinajstić information content (AvgIpc) is 2.32. The summed E-state index contributed by atoms with van der Waals surface area (Å²) in [5.74, 6) is -0.123. The Labute approximate surface area is 96.4 Å². The number of rotatable bonds is 4. The first-order chi connectivity index (χ1) is 7.74. The third-order valence-electron chi connectivity index (χ3n) is 1.76. The highest BCUT2D eigenvalue weighted by Crippen LogP contribution is 1.96. The Morgan fingerprint density at radius 2 is 1.88 bits per heavy atom. The van der Waals surface area contributed by atoms with Crippen LogP contribution < -0.4 is 0 Å². The van der Waals surface area contributed by atoms with Gasteiger partial charge in [-0.3, -0.25) is 4.79 Å². The van der Waals surface area contributed by atoms with Crippen LogP contribution in [0.1, 0.15) is 25.8 Å². The molecule has 1 rings (SSSR count). The van der Waals surface area contributed by atoms with Crippen LogP contribution in [0.3, 0.4) is 0 Å². The van der Waals surface area contributed by atoms with Gasteiger partial charge in [0.05, 0.1) is 6.61 Å². The molecule has 0 saturated carbocycles. The topological polar surface area (TPSA) is 43.4 Å². The standard InChI is InChI=1S/C8H8O.C5H10O2/c9-7-6-8-4-2-1-3-5-8;1-3-5(6)7-4-2/h1-5,7H,6H2;3-4H2,1-2H3. The summed E-state index contributed by atoms with van der Waals surface area (Å²) in [4.78, 5) is 20.2. The third kappa shape index (κ3) is 7.74. The molecule has 0 aliphatic rings. The highest BCUT2D eigenvalue weighted by atomic mass is 16.5. The van der Waals surface area contributed by atoms with E-state index in [1.165, 1.54) is 0 Å². The largest absolute Gasteiger partial charge is 0.466 e. The molecule has 3 nitrogen and oxygen atoms in total. The fourth-order valence-electron chi connectivity index (χ4n) is 0.973. The van der Waals surface area contributed by atoms with Crippen LogP contribution in [0, 0.1) is 0 Å². The Bertz CT molecular complexity index is 293. The number of hydrogen-bond donors (Lipinski definition) is 0. The maximum Gasteiger partial charge on any atom is 0.305 e. The molecule has 1 aromatic rings. The fourth-order valence-corrected chi connectivity index (χ4v) is 0.973. The van der Waals surface area contributed by atoms with Gasteiger partial charge < -0.3 is 9.53 Å². The molecule has 88 valence electrons. The Morgan fingerprint density at radius 1 is 1.25 bits per heavy atom. The molecule has 3 heteroatoms. The number of benzene rings is 1. The summed E-state index contributed by atoms with van der Waals surface area (Å²) in [5, 5.41) is 0. The van der Waals surface area contributed by atoms with Gasteiger partial charge in [0, 0.05) is 12.8 Å². The van der Waals surface area contributed by atoms with Crippen molar-refractivity contribution in [2.45, 2.75) is 26.7 Å². The van der Waals surface area contributed by atoms with Crippen molar-refractivity contribution in [3.05, 3.63) is 35.9 Å². The van der Waals surface area contributed by atoms with E-state index >= 15 is 0 Å². The summed E-state index contributed by atoms with van der Waals surface area (Å²) < 4.78 is 4.55. The lowest BCUT2D eigenvalue weighted by Gasteiger charge is -1.93. The summed E-state index contributed by atoms with van der Waals surface area (Å²) >= 11 is 0. The van der Waals surface area contributed by atoms with E-state index in [9.17, 15) is 9.59 Å². The third-order valence-corrected chi connectivity index (χ3v) is 1.76. The van der Waals surface area contributed by atoms with E-state index in [0.29, 0.717) is 19.4 Å². The van der Waals surface area contributed by atoms with Crippen molar-refractivity contribution in [1.82, 2.24) is 0 Å². The Balaban J connectivity index is 0.000000293. The van der Waals surface area contributed by atoms with Crippen molar-refractivity contribution < 1.29 is 14.3 Å². The molecular formula is C13H18O3. The van der Waals surface area contributed by atoms with Crippen molar-refractivity contribution in [1.29, 1.82) is 0 Å². The van der Waals surface area contributed by atoms with Gasteiger partial charge in [-0.25, -0.2) is 0 Å². The lowest BCUT2D eigenvalue weighted by Crippen LogP contribution is -2.00. The van der Waals surface area contributed by atoms with E-state index in [4.69, 9.17) is 0 Å². The van der Waals surface area contributed by atoms with Gasteiger partial charge in [-0.15, -0.1) is 0 Å². The molecule has 0 N–H and O–H groups in total. The summed E-state index contributed by atoms with van der Waals surface area (Å²) in [6.07, 6.45) is 1.92. The van der Waals surface area contributed by atoms with Crippen LogP contribution in [0.4, 0.5) is 0 Å². The minimum Gasteiger partial charge on any atom is -0.466 e. The minimum atomic E-state index is -0.123. The average molecular weight is 222 g/mol. The molecule has 0 unspecified atom stereocenters. The van der Waals surface area contributed by atoms with Crippen LogP contribution in [-0.4, -0.2) is 18.9 Å². The summed E-state index contributed by atoms with van der Waals surface area (Å²) in [6, 6.07) is 9.68. The van der Waals surface area contributed by atoms with E-state index < -0.39 is 0 Å². The molecule has 0 heterocycles. The maximum absolute atomic E-state index is 10.2. The van der Waals surface area contributed by atoms with Gasteiger partial charge in [0.25, 0.3) is 0 Å². The number of esters is 1. The second-order valence-corrected chi connectivity index (χ2v) is 3.01. The van der Waals surface area contributed by atoms with Gasteiger partial charge >= 0.3 is 5.97 Å². The second-order valence-electron chi connectivity index (χ2n) is 3.01. The predicted octanol–water partition coefficient (Wildman–Crippen LogP) is 2.39. The smallest absolute Gasteiger partial charge is 0.305 e. The fraction of sp³-hybridized carbons (Fsp3) is 0.385. The van der Waals surface area contributed by atoms with Crippen molar-refractivity contribution in [3.8, 4) is 0 Å². The second kappa shape index (κ2) is 9.90. The first-order valence-corrected chi connectivity index (χ1v) is 5.37. The number of carbonyl (C=O) groups excluding carboxylic acids is 2. The molecule has 0 aromatic heterocycles. The van der Waals surface area contributed by atoms with E-state index in [-0.39, 0.29) is 5.97 Å². The first-order valence-electron chi connectivity index (χ1n) is 5.37. The van der Waals surface area contributed by atoms with Gasteiger partial charge in [0.15, 0.2) is 0 Å². The van der Waals surface area contributed by atoms with E-state index in [2.05, 4.69) is 4.74 Å². The summed E-state index contributed by atoms with van der Waals surface area (Å²) in [6.45, 7) is 4.07. The first kappa shape index (κ1) is 14.4. The van der Waals surface area contributed by atoms with Crippen molar-refractivity contribution in [2.75, 3.05) is 6.61 Å². The normalized spacial score (nSPS) is 8.62. The van der Waals surface area contributed by atoms with Gasteiger partial charge in [-0.1, -0.05) is 37.3 Å². The zero-order chi connectivity index (χ0) is 12.2. The van der Waals surface area contributed by atoms with Gasteiger partial charge in [0.1, 0.15) is 6.29 Å². The lowest BCUT2D eigenvalue weighted by atomic mass is 10.2. The lowest BCUT2D eigenvalue weighted by molar-refractivity contribution is -0.142.